The zero-order valence-electron chi connectivity index (χ0n) is 14.6. The van der Waals surface area contributed by atoms with Crippen molar-refractivity contribution >= 4 is 33.8 Å². The van der Waals surface area contributed by atoms with Gasteiger partial charge in [0.2, 0.25) is 0 Å². The molecular formula is C19H14N6OS. The Morgan fingerprint density at radius 2 is 2.07 bits per heavy atom. The molecular weight excluding hydrogens is 360 g/mol. The van der Waals surface area contributed by atoms with E-state index in [1.807, 2.05) is 25.1 Å². The fraction of sp³-hybridized carbons (Fsp3) is 0.105. The molecule has 0 atom stereocenters. The van der Waals surface area contributed by atoms with Gasteiger partial charge in [-0.1, -0.05) is 0 Å². The Labute approximate surface area is 158 Å². The van der Waals surface area contributed by atoms with Gasteiger partial charge in [-0.05, 0) is 43.7 Å². The third-order valence-corrected chi connectivity index (χ3v) is 5.02. The molecule has 7 nitrogen and oxygen atoms in total. The summed E-state index contributed by atoms with van der Waals surface area (Å²) in [6.45, 7) is 3.70. The number of carbonyl (C=O) groups is 1. The molecule has 27 heavy (non-hydrogen) atoms. The number of aromatic nitrogens is 4. The SMILES string of the molecule is Cc1ncc(-c2n[nH]c3ccc(NC(=O)c4ncc(C#N)cc4C)cc23)s1. The van der Waals surface area contributed by atoms with Crippen LogP contribution in [0, 0.1) is 25.2 Å². The second-order valence-electron chi connectivity index (χ2n) is 6.03. The highest BCUT2D eigenvalue weighted by Crippen LogP contribution is 2.31. The van der Waals surface area contributed by atoms with Crippen molar-refractivity contribution in [2.75, 3.05) is 5.32 Å². The van der Waals surface area contributed by atoms with Gasteiger partial charge in [-0.15, -0.1) is 11.3 Å². The molecule has 132 valence electrons. The quantitative estimate of drug-likeness (QED) is 0.567. The predicted octanol–water partition coefficient (Wildman–Crippen LogP) is 3.82. The van der Waals surface area contributed by atoms with Crippen LogP contribution in [-0.2, 0) is 0 Å². The predicted molar refractivity (Wildman–Crippen MR) is 104 cm³/mol. The Kier molecular flexibility index (Phi) is 4.14. The van der Waals surface area contributed by atoms with Crippen molar-refractivity contribution in [2.45, 2.75) is 13.8 Å². The number of H-pyrrole nitrogens is 1. The summed E-state index contributed by atoms with van der Waals surface area (Å²) in [5.41, 5.74) is 3.69. The van der Waals surface area contributed by atoms with Crippen LogP contribution in [0.5, 0.6) is 0 Å². The maximum Gasteiger partial charge on any atom is 0.274 e. The monoisotopic (exact) mass is 374 g/mol. The molecule has 0 bridgehead atoms. The van der Waals surface area contributed by atoms with Gasteiger partial charge in [-0.25, -0.2) is 9.97 Å². The molecule has 3 heterocycles. The standard InChI is InChI=1S/C19H14N6OS/c1-10-5-12(7-20)8-22-17(10)19(26)23-13-3-4-15-14(6-13)18(25-24-15)16-9-21-11(2)27-16/h3-6,8-9H,1-2H3,(H,23,26)(H,24,25). The lowest BCUT2D eigenvalue weighted by Gasteiger charge is -2.07. The smallest absolute Gasteiger partial charge is 0.274 e. The van der Waals surface area contributed by atoms with Crippen LogP contribution < -0.4 is 5.32 Å². The number of aromatic amines is 1. The van der Waals surface area contributed by atoms with Crippen LogP contribution in [0.4, 0.5) is 5.69 Å². The summed E-state index contributed by atoms with van der Waals surface area (Å²) >= 11 is 1.57. The number of thiazole rings is 1. The first-order chi connectivity index (χ1) is 13.0. The summed E-state index contributed by atoms with van der Waals surface area (Å²) < 4.78 is 0. The van der Waals surface area contributed by atoms with E-state index in [1.54, 1.807) is 36.6 Å². The molecule has 0 saturated carbocycles. The number of fused-ring (bicyclic) bond motifs is 1. The Hall–Kier alpha value is -3.57. The van der Waals surface area contributed by atoms with Crippen molar-refractivity contribution in [3.8, 4) is 16.6 Å². The second-order valence-corrected chi connectivity index (χ2v) is 7.27. The van der Waals surface area contributed by atoms with Gasteiger partial charge in [-0.2, -0.15) is 10.4 Å². The third kappa shape index (κ3) is 3.16. The maximum atomic E-state index is 12.6. The number of anilines is 1. The van der Waals surface area contributed by atoms with Gasteiger partial charge in [0.15, 0.2) is 0 Å². The summed E-state index contributed by atoms with van der Waals surface area (Å²) in [5, 5.41) is 21.0. The van der Waals surface area contributed by atoms with Crippen LogP contribution in [0.1, 0.15) is 26.6 Å². The lowest BCUT2D eigenvalue weighted by atomic mass is 10.1. The molecule has 1 aromatic carbocycles. The third-order valence-electron chi connectivity index (χ3n) is 4.10. The number of amides is 1. The first kappa shape index (κ1) is 16.9. The van der Waals surface area contributed by atoms with Gasteiger partial charge >= 0.3 is 0 Å². The molecule has 0 aliphatic rings. The number of aryl methyl sites for hydroxylation is 2. The van der Waals surface area contributed by atoms with Crippen molar-refractivity contribution < 1.29 is 4.79 Å². The zero-order chi connectivity index (χ0) is 19.0. The minimum absolute atomic E-state index is 0.291. The molecule has 3 aromatic heterocycles. The molecule has 4 rings (SSSR count). The van der Waals surface area contributed by atoms with Crippen LogP contribution in [0.25, 0.3) is 21.5 Å². The number of hydrogen-bond acceptors (Lipinski definition) is 6. The van der Waals surface area contributed by atoms with Crippen LogP contribution in [0.15, 0.2) is 36.7 Å². The molecule has 8 heteroatoms. The number of hydrogen-bond donors (Lipinski definition) is 2. The average Bonchev–Trinajstić information content (AvgIpc) is 3.27. The minimum atomic E-state index is -0.324. The van der Waals surface area contributed by atoms with Crippen LogP contribution in [-0.4, -0.2) is 26.1 Å². The Balaban J connectivity index is 1.66. The van der Waals surface area contributed by atoms with Crippen molar-refractivity contribution in [1.29, 1.82) is 5.26 Å². The highest BCUT2D eigenvalue weighted by atomic mass is 32.1. The molecule has 0 saturated heterocycles. The van der Waals surface area contributed by atoms with Crippen LogP contribution in [0.3, 0.4) is 0 Å². The van der Waals surface area contributed by atoms with Crippen molar-refractivity contribution in [2.24, 2.45) is 0 Å². The van der Waals surface area contributed by atoms with Gasteiger partial charge in [-0.3, -0.25) is 9.89 Å². The van der Waals surface area contributed by atoms with E-state index in [0.29, 0.717) is 22.5 Å². The Bertz CT molecular complexity index is 1220. The van der Waals surface area contributed by atoms with E-state index in [2.05, 4.69) is 25.5 Å². The van der Waals surface area contributed by atoms with Gasteiger partial charge in [0, 0.05) is 23.5 Å². The van der Waals surface area contributed by atoms with E-state index in [9.17, 15) is 4.79 Å². The molecule has 0 spiro atoms. The summed E-state index contributed by atoms with van der Waals surface area (Å²) in [7, 11) is 0. The fourth-order valence-electron chi connectivity index (χ4n) is 2.81. The first-order valence-electron chi connectivity index (χ1n) is 8.14. The highest BCUT2D eigenvalue weighted by molar-refractivity contribution is 7.15. The van der Waals surface area contributed by atoms with E-state index < -0.39 is 0 Å². The van der Waals surface area contributed by atoms with E-state index in [-0.39, 0.29) is 5.91 Å². The molecule has 4 aromatic rings. The van der Waals surface area contributed by atoms with E-state index in [1.165, 1.54) is 6.20 Å². The van der Waals surface area contributed by atoms with Gasteiger partial charge in [0.05, 0.1) is 21.0 Å². The number of carbonyl (C=O) groups excluding carboxylic acids is 1. The van der Waals surface area contributed by atoms with E-state index in [4.69, 9.17) is 5.26 Å². The number of nitrogens with zero attached hydrogens (tertiary/aromatic N) is 4. The summed E-state index contributed by atoms with van der Waals surface area (Å²) in [4.78, 5) is 21.9. The molecule has 0 aliphatic carbocycles. The molecule has 2 N–H and O–H groups in total. The number of nitrogens with one attached hydrogen (secondary N) is 2. The number of benzene rings is 1. The van der Waals surface area contributed by atoms with Crippen molar-refractivity contribution in [3.05, 3.63) is 58.5 Å². The zero-order valence-corrected chi connectivity index (χ0v) is 15.4. The molecule has 0 unspecified atom stereocenters. The normalized spacial score (nSPS) is 10.7. The lowest BCUT2D eigenvalue weighted by Crippen LogP contribution is -2.15. The van der Waals surface area contributed by atoms with Gasteiger partial charge in [0.25, 0.3) is 5.91 Å². The highest BCUT2D eigenvalue weighted by Gasteiger charge is 2.15. The number of pyridine rings is 1. The molecule has 0 radical (unpaired) electrons. The van der Waals surface area contributed by atoms with E-state index >= 15 is 0 Å². The van der Waals surface area contributed by atoms with Crippen molar-refractivity contribution in [1.82, 2.24) is 20.2 Å². The summed E-state index contributed by atoms with van der Waals surface area (Å²) in [6.07, 6.45) is 3.19. The van der Waals surface area contributed by atoms with Crippen molar-refractivity contribution in [3.63, 3.8) is 0 Å². The van der Waals surface area contributed by atoms with Crippen LogP contribution >= 0.6 is 11.3 Å². The largest absolute Gasteiger partial charge is 0.321 e. The topological polar surface area (TPSA) is 107 Å². The molecule has 1 amide bonds. The minimum Gasteiger partial charge on any atom is -0.321 e. The molecule has 0 aliphatic heterocycles. The summed E-state index contributed by atoms with van der Waals surface area (Å²) in [5.74, 6) is -0.324. The average molecular weight is 374 g/mol. The summed E-state index contributed by atoms with van der Waals surface area (Å²) in [6, 6.07) is 9.21. The van der Waals surface area contributed by atoms with Gasteiger partial charge < -0.3 is 5.32 Å². The number of rotatable bonds is 3. The molecule has 0 fully saturated rings. The Morgan fingerprint density at radius 1 is 1.22 bits per heavy atom. The van der Waals surface area contributed by atoms with E-state index in [0.717, 1.165) is 26.5 Å². The lowest BCUT2D eigenvalue weighted by molar-refractivity contribution is 0.102. The second kappa shape index (κ2) is 6.63. The maximum absolute atomic E-state index is 12.6. The first-order valence-corrected chi connectivity index (χ1v) is 8.96. The van der Waals surface area contributed by atoms with Crippen LogP contribution in [0.2, 0.25) is 0 Å². The number of nitriles is 1. The van der Waals surface area contributed by atoms with Gasteiger partial charge in [0.1, 0.15) is 17.5 Å². The Morgan fingerprint density at radius 3 is 2.78 bits per heavy atom. The fourth-order valence-corrected chi connectivity index (χ4v) is 3.60.